The van der Waals surface area contributed by atoms with Crippen molar-refractivity contribution in [3.8, 4) is 11.9 Å². The molecule has 25 heavy (non-hydrogen) atoms. The van der Waals surface area contributed by atoms with Crippen molar-refractivity contribution < 1.29 is 9.13 Å². The fraction of sp³-hybridized carbons (Fsp3) is 0.368. The number of pyridine rings is 1. The Bertz CT molecular complexity index is 803. The van der Waals surface area contributed by atoms with Crippen LogP contribution in [0.4, 0.5) is 10.2 Å². The van der Waals surface area contributed by atoms with Crippen molar-refractivity contribution in [2.75, 3.05) is 18.0 Å². The molecule has 0 radical (unpaired) electrons. The van der Waals surface area contributed by atoms with E-state index in [2.05, 4.69) is 15.2 Å². The van der Waals surface area contributed by atoms with E-state index in [1.165, 1.54) is 18.9 Å². The molecule has 2 bridgehead atoms. The van der Waals surface area contributed by atoms with Crippen LogP contribution < -0.4 is 15.0 Å². The quantitative estimate of drug-likeness (QED) is 0.928. The van der Waals surface area contributed by atoms with Crippen LogP contribution in [-0.4, -0.2) is 30.2 Å². The summed E-state index contributed by atoms with van der Waals surface area (Å²) in [6, 6.07) is 13.0. The van der Waals surface area contributed by atoms with Gasteiger partial charge < -0.3 is 15.0 Å². The molecule has 0 spiro atoms. The van der Waals surface area contributed by atoms with Crippen LogP contribution in [0.25, 0.3) is 0 Å². The minimum atomic E-state index is -0.435. The van der Waals surface area contributed by atoms with E-state index < -0.39 is 5.82 Å². The predicted octanol–water partition coefficient (Wildman–Crippen LogP) is 2.61. The summed E-state index contributed by atoms with van der Waals surface area (Å²) in [5, 5.41) is 12.3. The van der Waals surface area contributed by atoms with Gasteiger partial charge in [0.25, 0.3) is 0 Å². The molecular weight excluding hydrogens is 319 g/mol. The number of ether oxygens (including phenoxy) is 1. The van der Waals surface area contributed by atoms with E-state index in [4.69, 9.17) is 10.00 Å². The Morgan fingerprint density at radius 3 is 2.76 bits per heavy atom. The third-order valence-corrected chi connectivity index (χ3v) is 4.91. The molecule has 4 rings (SSSR count). The number of nitrogens with zero attached hydrogens (tertiary/aromatic N) is 3. The number of rotatable bonds is 4. The van der Waals surface area contributed by atoms with E-state index in [0.29, 0.717) is 29.1 Å². The maximum atomic E-state index is 14.0. The van der Waals surface area contributed by atoms with Crippen LogP contribution in [0.15, 0.2) is 36.4 Å². The topological polar surface area (TPSA) is 61.2 Å². The van der Waals surface area contributed by atoms with Crippen molar-refractivity contribution in [3.05, 3.63) is 53.3 Å². The van der Waals surface area contributed by atoms with E-state index in [9.17, 15) is 4.39 Å². The van der Waals surface area contributed by atoms with Crippen molar-refractivity contribution >= 4 is 5.82 Å². The highest BCUT2D eigenvalue weighted by atomic mass is 19.1. The number of aromatic nitrogens is 1. The molecule has 3 heterocycles. The van der Waals surface area contributed by atoms with Crippen LogP contribution in [0.2, 0.25) is 0 Å². The van der Waals surface area contributed by atoms with Crippen molar-refractivity contribution in [1.82, 2.24) is 10.3 Å². The summed E-state index contributed by atoms with van der Waals surface area (Å²) in [5.41, 5.74) is 0.712. The number of benzene rings is 1. The van der Waals surface area contributed by atoms with E-state index in [1.54, 1.807) is 18.2 Å². The zero-order valence-electron chi connectivity index (χ0n) is 13.8. The zero-order chi connectivity index (χ0) is 17.2. The molecule has 5 nitrogen and oxygen atoms in total. The summed E-state index contributed by atoms with van der Waals surface area (Å²) in [6.07, 6.45) is 2.36. The van der Waals surface area contributed by atoms with Crippen LogP contribution in [0.3, 0.4) is 0 Å². The Morgan fingerprint density at radius 1 is 1.24 bits per heavy atom. The van der Waals surface area contributed by atoms with Crippen molar-refractivity contribution in [1.29, 1.82) is 5.26 Å². The van der Waals surface area contributed by atoms with Gasteiger partial charge in [0.1, 0.15) is 18.2 Å². The van der Waals surface area contributed by atoms with E-state index in [1.807, 2.05) is 18.2 Å². The summed E-state index contributed by atoms with van der Waals surface area (Å²) in [5.74, 6) is 0.973. The molecule has 1 N–H and O–H groups in total. The van der Waals surface area contributed by atoms with E-state index >= 15 is 0 Å². The lowest BCUT2D eigenvalue weighted by Crippen LogP contribution is -2.52. The second-order valence-corrected chi connectivity index (χ2v) is 6.49. The fourth-order valence-electron chi connectivity index (χ4n) is 3.67. The maximum absolute atomic E-state index is 14.0. The van der Waals surface area contributed by atoms with Gasteiger partial charge in [-0.15, -0.1) is 0 Å². The molecule has 0 amide bonds. The van der Waals surface area contributed by atoms with Gasteiger partial charge in [0, 0.05) is 36.8 Å². The normalized spacial score (nSPS) is 21.8. The zero-order valence-corrected chi connectivity index (χ0v) is 13.8. The molecule has 1 aromatic heterocycles. The number of nitriles is 1. The van der Waals surface area contributed by atoms with Crippen molar-refractivity contribution in [3.63, 3.8) is 0 Å². The van der Waals surface area contributed by atoms with E-state index in [-0.39, 0.29) is 6.61 Å². The molecule has 2 fully saturated rings. The number of hydrogen-bond acceptors (Lipinski definition) is 5. The first kappa shape index (κ1) is 15.9. The van der Waals surface area contributed by atoms with Crippen LogP contribution in [0.1, 0.15) is 24.0 Å². The Labute approximate surface area is 146 Å². The smallest absolute Gasteiger partial charge is 0.215 e. The largest absolute Gasteiger partial charge is 0.473 e. The van der Waals surface area contributed by atoms with E-state index in [0.717, 1.165) is 18.9 Å². The molecule has 2 unspecified atom stereocenters. The first-order chi connectivity index (χ1) is 12.2. The number of anilines is 1. The minimum Gasteiger partial charge on any atom is -0.473 e. The molecule has 6 heteroatoms. The first-order valence-electron chi connectivity index (χ1n) is 8.52. The molecule has 1 aromatic carbocycles. The van der Waals surface area contributed by atoms with Crippen LogP contribution in [0, 0.1) is 17.1 Å². The third-order valence-electron chi connectivity index (χ3n) is 4.91. The SMILES string of the molecule is N#Cc1ccc(COc2cccc(N3C4CCC3CNC4)n2)c(F)c1. The summed E-state index contributed by atoms with van der Waals surface area (Å²) in [4.78, 5) is 7.00. The van der Waals surface area contributed by atoms with Crippen molar-refractivity contribution in [2.45, 2.75) is 31.5 Å². The van der Waals surface area contributed by atoms with Gasteiger partial charge in [-0.1, -0.05) is 12.1 Å². The number of hydrogen-bond donors (Lipinski definition) is 1. The highest BCUT2D eigenvalue weighted by molar-refractivity contribution is 5.46. The van der Waals surface area contributed by atoms with Gasteiger partial charge in [-0.3, -0.25) is 0 Å². The highest BCUT2D eigenvalue weighted by Gasteiger charge is 2.37. The number of piperazine rings is 1. The van der Waals surface area contributed by atoms with Gasteiger partial charge in [-0.05, 0) is 31.0 Å². The average molecular weight is 338 g/mol. The lowest BCUT2D eigenvalue weighted by atomic mass is 10.1. The second kappa shape index (κ2) is 6.69. The lowest BCUT2D eigenvalue weighted by molar-refractivity contribution is 0.288. The van der Waals surface area contributed by atoms with Gasteiger partial charge >= 0.3 is 0 Å². The van der Waals surface area contributed by atoms with Gasteiger partial charge in [0.15, 0.2) is 0 Å². The number of halogens is 1. The molecule has 0 aliphatic carbocycles. The second-order valence-electron chi connectivity index (χ2n) is 6.49. The Balaban J connectivity index is 1.48. The predicted molar refractivity (Wildman–Crippen MR) is 91.8 cm³/mol. The number of fused-ring (bicyclic) bond motifs is 2. The Kier molecular flexibility index (Phi) is 4.24. The Hall–Kier alpha value is -2.65. The maximum Gasteiger partial charge on any atom is 0.215 e. The molecule has 2 aliphatic heterocycles. The molecule has 2 aliphatic rings. The monoisotopic (exact) mass is 338 g/mol. The molecule has 128 valence electrons. The molecule has 2 atom stereocenters. The molecule has 0 saturated carbocycles. The Morgan fingerprint density at radius 2 is 2.04 bits per heavy atom. The van der Waals surface area contributed by atoms with Crippen LogP contribution in [-0.2, 0) is 6.61 Å². The van der Waals surface area contributed by atoms with Crippen molar-refractivity contribution in [2.24, 2.45) is 0 Å². The minimum absolute atomic E-state index is 0.0857. The summed E-state index contributed by atoms with van der Waals surface area (Å²) in [6.45, 7) is 2.06. The lowest BCUT2D eigenvalue weighted by Gasteiger charge is -2.36. The standard InChI is InChI=1S/C19H19FN4O/c20-17-8-13(9-21)4-5-14(17)12-25-19-3-1-2-18(23-19)24-15-6-7-16(24)11-22-10-15/h1-5,8,15-16,22H,6-7,10-12H2. The number of nitrogens with one attached hydrogen (secondary N) is 1. The summed E-state index contributed by atoms with van der Waals surface area (Å²) in [7, 11) is 0. The molecule has 2 saturated heterocycles. The molecular formula is C19H19FN4O. The highest BCUT2D eigenvalue weighted by Crippen LogP contribution is 2.32. The first-order valence-corrected chi connectivity index (χ1v) is 8.52. The van der Waals surface area contributed by atoms with Gasteiger partial charge in [-0.25, -0.2) is 4.39 Å². The average Bonchev–Trinajstić information content (AvgIpc) is 2.89. The van der Waals surface area contributed by atoms with Crippen LogP contribution in [0.5, 0.6) is 5.88 Å². The summed E-state index contributed by atoms with van der Waals surface area (Å²) >= 11 is 0. The third kappa shape index (κ3) is 3.15. The van der Waals surface area contributed by atoms with Gasteiger partial charge in [0.2, 0.25) is 5.88 Å². The molecule has 2 aromatic rings. The van der Waals surface area contributed by atoms with Gasteiger partial charge in [-0.2, -0.15) is 10.2 Å². The summed E-state index contributed by atoms with van der Waals surface area (Å²) < 4.78 is 19.6. The fourth-order valence-corrected chi connectivity index (χ4v) is 3.67. The van der Waals surface area contributed by atoms with Gasteiger partial charge in [0.05, 0.1) is 11.6 Å². The van der Waals surface area contributed by atoms with Crippen LogP contribution >= 0.6 is 0 Å².